The standard InChI is InChI=1S/C53H88N12O16/c1-11-27(7)40(56)50(77)57-32(18-19-38(54)69)44(71)62-37(24-66)49(76)58-33(20-25(3)4)45(72)59-35(22-31-16-14-13-15-17-31)46(73)60-36(23-39(55)70)48(75)63-41(28(8)12-2)51(78)61-34(21-26(5)6)47(74)64-42(29(9)67)52(79)65-43(30(10)68)53(80)81/h13-17,25-30,32-37,40-43,66-68H,11-12,18-24,56H2,1-10H3,(H2,54,69)(H2,55,70)(H,57,77)(H,58,76)(H,59,72)(H,60,73)(H,61,78)(H,62,71)(H,63,75)(H,64,74)(H,65,79)(H,80,81)/t27-,28-,29+,30+,32-,33-,34-,35-,36-,37-,40-,41-,42-,43-/m0/s1. The molecule has 1 rings (SSSR count). The van der Waals surface area contributed by atoms with E-state index in [4.69, 9.17) is 17.2 Å². The fourth-order valence-corrected chi connectivity index (χ4v) is 8.00. The maximum atomic E-state index is 14.4. The van der Waals surface area contributed by atoms with Crippen LogP contribution in [-0.4, -0.2) is 171 Å². The van der Waals surface area contributed by atoms with Crippen LogP contribution in [0.4, 0.5) is 0 Å². The molecule has 0 aliphatic heterocycles. The Morgan fingerprint density at radius 2 is 0.864 bits per heavy atom. The van der Waals surface area contributed by atoms with E-state index >= 15 is 0 Å². The van der Waals surface area contributed by atoms with Gasteiger partial charge in [0.15, 0.2) is 6.04 Å². The Balaban J connectivity index is 3.58. The molecule has 19 N–H and O–H groups in total. The van der Waals surface area contributed by atoms with E-state index in [1.165, 1.54) is 0 Å². The second-order valence-corrected chi connectivity index (χ2v) is 21.2. The highest BCUT2D eigenvalue weighted by Crippen LogP contribution is 2.15. The first-order valence-corrected chi connectivity index (χ1v) is 27.1. The number of amides is 11. The van der Waals surface area contributed by atoms with Gasteiger partial charge in [-0.25, -0.2) is 4.79 Å². The molecular formula is C53H88N12O16. The number of carbonyl (C=O) groups is 12. The number of aliphatic hydroxyl groups is 3. The van der Waals surface area contributed by atoms with Crippen molar-refractivity contribution in [1.29, 1.82) is 0 Å². The van der Waals surface area contributed by atoms with Crippen molar-refractivity contribution >= 4 is 70.9 Å². The van der Waals surface area contributed by atoms with Crippen LogP contribution in [0.2, 0.25) is 0 Å². The molecule has 81 heavy (non-hydrogen) atoms. The van der Waals surface area contributed by atoms with E-state index in [1.54, 1.807) is 85.7 Å². The summed E-state index contributed by atoms with van der Waals surface area (Å²) in [5.41, 5.74) is 17.4. The number of nitrogens with one attached hydrogen (secondary N) is 9. The smallest absolute Gasteiger partial charge is 0.328 e. The molecule has 0 saturated heterocycles. The first-order valence-electron chi connectivity index (χ1n) is 27.1. The maximum Gasteiger partial charge on any atom is 0.328 e. The van der Waals surface area contributed by atoms with Gasteiger partial charge in [0.1, 0.15) is 48.3 Å². The number of aliphatic hydroxyl groups excluding tert-OH is 3. The predicted octanol–water partition coefficient (Wildman–Crippen LogP) is -3.92. The number of aliphatic carboxylic acids is 1. The van der Waals surface area contributed by atoms with Gasteiger partial charge in [-0.3, -0.25) is 52.7 Å². The molecule has 0 aliphatic carbocycles. The van der Waals surface area contributed by atoms with E-state index in [9.17, 15) is 78.0 Å². The van der Waals surface area contributed by atoms with Crippen LogP contribution < -0.4 is 65.1 Å². The minimum Gasteiger partial charge on any atom is -0.480 e. The summed E-state index contributed by atoms with van der Waals surface area (Å²) in [5, 5.41) is 61.9. The van der Waals surface area contributed by atoms with Gasteiger partial charge in [0, 0.05) is 12.8 Å². The van der Waals surface area contributed by atoms with E-state index in [2.05, 4.69) is 47.9 Å². The van der Waals surface area contributed by atoms with Gasteiger partial charge in [-0.05, 0) is 62.3 Å². The number of carboxylic acid groups (broad SMARTS) is 1. The molecule has 0 saturated carbocycles. The molecule has 14 atom stereocenters. The number of nitrogens with two attached hydrogens (primary N) is 3. The van der Waals surface area contributed by atoms with E-state index in [1.807, 2.05) is 0 Å². The zero-order chi connectivity index (χ0) is 62.0. The number of primary amides is 2. The molecule has 0 heterocycles. The third-order valence-corrected chi connectivity index (χ3v) is 13.2. The van der Waals surface area contributed by atoms with Gasteiger partial charge in [0.2, 0.25) is 65.0 Å². The number of benzene rings is 1. The molecule has 0 aromatic heterocycles. The first kappa shape index (κ1) is 71.7. The lowest BCUT2D eigenvalue weighted by molar-refractivity contribution is -0.146. The van der Waals surface area contributed by atoms with Crippen molar-refractivity contribution in [2.75, 3.05) is 6.61 Å². The normalized spacial score (nSPS) is 16.5. The summed E-state index contributed by atoms with van der Waals surface area (Å²) in [6.07, 6.45) is -4.19. The van der Waals surface area contributed by atoms with Crippen LogP contribution in [-0.2, 0) is 64.0 Å². The molecule has 1 aromatic rings. The van der Waals surface area contributed by atoms with Crippen LogP contribution in [0.1, 0.15) is 120 Å². The van der Waals surface area contributed by atoms with Crippen molar-refractivity contribution in [3.05, 3.63) is 35.9 Å². The summed E-state index contributed by atoms with van der Waals surface area (Å²) in [7, 11) is 0. The average molecular weight is 1150 g/mol. The van der Waals surface area contributed by atoms with E-state index in [0.717, 1.165) is 13.8 Å². The Hall–Kier alpha value is -7.30. The number of rotatable bonds is 37. The maximum absolute atomic E-state index is 14.4. The van der Waals surface area contributed by atoms with Crippen molar-refractivity contribution < 1.29 is 78.0 Å². The molecule has 28 nitrogen and oxygen atoms in total. The molecule has 11 amide bonds. The topological polar surface area (TPSA) is 472 Å². The van der Waals surface area contributed by atoms with Gasteiger partial charge in [-0.2, -0.15) is 0 Å². The highest BCUT2D eigenvalue weighted by atomic mass is 16.4. The molecular weight excluding hydrogens is 1060 g/mol. The number of hydrogen-bond acceptors (Lipinski definition) is 16. The van der Waals surface area contributed by atoms with Crippen molar-refractivity contribution in [3.8, 4) is 0 Å². The van der Waals surface area contributed by atoms with E-state index < -0.39 is 163 Å². The summed E-state index contributed by atoms with van der Waals surface area (Å²) < 4.78 is 0. The number of carbonyl (C=O) groups excluding carboxylic acids is 11. The zero-order valence-corrected chi connectivity index (χ0v) is 47.9. The summed E-state index contributed by atoms with van der Waals surface area (Å²) in [5.74, 6) is -13.9. The summed E-state index contributed by atoms with van der Waals surface area (Å²) >= 11 is 0. The minimum atomic E-state index is -1.80. The molecule has 0 spiro atoms. The lowest BCUT2D eigenvalue weighted by Gasteiger charge is -2.30. The molecule has 1 aromatic carbocycles. The molecule has 0 unspecified atom stereocenters. The second-order valence-electron chi connectivity index (χ2n) is 21.2. The van der Waals surface area contributed by atoms with Crippen molar-refractivity contribution in [2.24, 2.45) is 40.9 Å². The summed E-state index contributed by atoms with van der Waals surface area (Å²) in [4.78, 5) is 160. The fourth-order valence-electron chi connectivity index (χ4n) is 8.00. The molecule has 0 aliphatic rings. The Labute approximate surface area is 472 Å². The van der Waals surface area contributed by atoms with Gasteiger partial charge in [0.25, 0.3) is 0 Å². The Bertz CT molecular complexity index is 2300. The minimum absolute atomic E-state index is 0.0524. The number of carboxylic acids is 1. The molecule has 0 bridgehead atoms. The largest absolute Gasteiger partial charge is 0.480 e. The highest BCUT2D eigenvalue weighted by molar-refractivity contribution is 5.99. The van der Waals surface area contributed by atoms with E-state index in [0.29, 0.717) is 12.0 Å². The van der Waals surface area contributed by atoms with Crippen molar-refractivity contribution in [3.63, 3.8) is 0 Å². The van der Waals surface area contributed by atoms with Crippen LogP contribution in [0.15, 0.2) is 30.3 Å². The van der Waals surface area contributed by atoms with Gasteiger partial charge in [-0.15, -0.1) is 0 Å². The molecule has 28 heteroatoms. The quantitative estimate of drug-likeness (QED) is 0.0303. The van der Waals surface area contributed by atoms with Crippen molar-refractivity contribution in [2.45, 2.75) is 193 Å². The van der Waals surface area contributed by atoms with Crippen LogP contribution >= 0.6 is 0 Å². The molecule has 0 fully saturated rings. The monoisotopic (exact) mass is 1150 g/mol. The zero-order valence-electron chi connectivity index (χ0n) is 47.9. The fraction of sp³-hybridized carbons (Fsp3) is 0.660. The van der Waals surface area contributed by atoms with Crippen LogP contribution in [0.3, 0.4) is 0 Å². The third-order valence-electron chi connectivity index (χ3n) is 13.2. The van der Waals surface area contributed by atoms with Gasteiger partial charge >= 0.3 is 5.97 Å². The third kappa shape index (κ3) is 25.4. The Kier molecular flexibility index (Phi) is 31.4. The second kappa shape index (κ2) is 35.4. The van der Waals surface area contributed by atoms with Crippen LogP contribution in [0.25, 0.3) is 0 Å². The number of hydrogen-bond donors (Lipinski definition) is 16. The lowest BCUT2D eigenvalue weighted by atomic mass is 9.96. The molecule has 456 valence electrons. The van der Waals surface area contributed by atoms with Crippen molar-refractivity contribution in [1.82, 2.24) is 47.9 Å². The van der Waals surface area contributed by atoms with Gasteiger partial charge in [-0.1, -0.05) is 98.6 Å². The highest BCUT2D eigenvalue weighted by Gasteiger charge is 2.38. The van der Waals surface area contributed by atoms with Crippen LogP contribution in [0.5, 0.6) is 0 Å². The van der Waals surface area contributed by atoms with Gasteiger partial charge in [0.05, 0.1) is 31.3 Å². The first-order chi connectivity index (χ1) is 37.8. The van der Waals surface area contributed by atoms with E-state index in [-0.39, 0.29) is 56.3 Å². The molecule has 0 radical (unpaired) electrons. The summed E-state index contributed by atoms with van der Waals surface area (Å²) in [6, 6.07) is -7.14. The summed E-state index contributed by atoms with van der Waals surface area (Å²) in [6.45, 7) is 14.9. The van der Waals surface area contributed by atoms with Crippen LogP contribution in [0, 0.1) is 23.7 Å². The lowest BCUT2D eigenvalue weighted by Crippen LogP contribution is -2.62. The Morgan fingerprint density at radius 1 is 0.469 bits per heavy atom. The SMILES string of the molecule is CC[C@H](C)[C@H](N)C(=O)N[C@@H](CCC(N)=O)C(=O)N[C@@H](CO)C(=O)N[C@@H](CC(C)C)C(=O)N[C@@H](Cc1ccccc1)C(=O)N[C@@H](CC(N)=O)C(=O)N[C@H](C(=O)N[C@@H](CC(C)C)C(=O)N[C@H](C(=O)N[C@H](C(=O)O)[C@@H](C)O)[C@@H](C)O)[C@@H](C)CC. The average Bonchev–Trinajstić information content (AvgIpc) is 3.39. The predicted molar refractivity (Wildman–Crippen MR) is 294 cm³/mol. The Morgan fingerprint density at radius 3 is 1.33 bits per heavy atom. The van der Waals surface area contributed by atoms with Gasteiger partial charge < -0.3 is 85.5 Å².